The maximum absolute atomic E-state index is 8.80. The summed E-state index contributed by atoms with van der Waals surface area (Å²) >= 11 is 0. The van der Waals surface area contributed by atoms with Gasteiger partial charge in [0, 0.05) is 6.61 Å². The van der Waals surface area contributed by atoms with Crippen LogP contribution in [0.3, 0.4) is 0 Å². The van der Waals surface area contributed by atoms with Crippen molar-refractivity contribution in [3.8, 4) is 6.07 Å². The van der Waals surface area contributed by atoms with Crippen LogP contribution in [0.4, 0.5) is 0 Å². The molecule has 0 saturated heterocycles. The number of nitrogens with one attached hydrogen (secondary N) is 1. The quantitative estimate of drug-likeness (QED) is 0.575. The maximum atomic E-state index is 8.80. The van der Waals surface area contributed by atoms with Crippen molar-refractivity contribution < 1.29 is 5.11 Å². The second-order valence-electron chi connectivity index (χ2n) is 4.63. The summed E-state index contributed by atoms with van der Waals surface area (Å²) in [5.74, 6) is 0. The standard InChI is InChI=1S/C12H24N2O/c1-12(2,11-13)7-6-9-14-8-4-3-5-10-15/h14-15H,3-10H2,1-2H3. The number of unbranched alkanes of at least 4 members (excludes halogenated alkanes) is 2. The molecular weight excluding hydrogens is 188 g/mol. The van der Waals surface area contributed by atoms with Crippen LogP contribution >= 0.6 is 0 Å². The van der Waals surface area contributed by atoms with Crippen LogP contribution in [-0.4, -0.2) is 24.8 Å². The Hall–Kier alpha value is -0.590. The lowest BCUT2D eigenvalue weighted by Crippen LogP contribution is -2.19. The Morgan fingerprint density at radius 3 is 2.40 bits per heavy atom. The molecule has 0 unspecified atom stereocenters. The van der Waals surface area contributed by atoms with E-state index in [0.29, 0.717) is 6.61 Å². The van der Waals surface area contributed by atoms with Gasteiger partial charge in [0.2, 0.25) is 0 Å². The van der Waals surface area contributed by atoms with Gasteiger partial charge in [0.25, 0.3) is 0 Å². The topological polar surface area (TPSA) is 56.0 Å². The number of nitrogens with zero attached hydrogens (tertiary/aromatic N) is 1. The van der Waals surface area contributed by atoms with Gasteiger partial charge in [0.1, 0.15) is 0 Å². The zero-order valence-electron chi connectivity index (χ0n) is 10.1. The van der Waals surface area contributed by atoms with Gasteiger partial charge in [-0.25, -0.2) is 0 Å². The number of aliphatic hydroxyl groups excluding tert-OH is 1. The van der Waals surface area contributed by atoms with Crippen LogP contribution in [0.2, 0.25) is 0 Å². The lowest BCUT2D eigenvalue weighted by atomic mass is 9.90. The molecule has 3 nitrogen and oxygen atoms in total. The van der Waals surface area contributed by atoms with Gasteiger partial charge in [-0.05, 0) is 59.0 Å². The normalized spacial score (nSPS) is 11.3. The minimum atomic E-state index is -0.182. The molecule has 2 N–H and O–H groups in total. The molecule has 0 rings (SSSR count). The lowest BCUT2D eigenvalue weighted by molar-refractivity contribution is 0.282. The molecule has 15 heavy (non-hydrogen) atoms. The van der Waals surface area contributed by atoms with Crippen LogP contribution in [0, 0.1) is 16.7 Å². The molecule has 0 saturated carbocycles. The Morgan fingerprint density at radius 1 is 1.13 bits per heavy atom. The summed E-state index contributed by atoms with van der Waals surface area (Å²) in [5.41, 5.74) is -0.182. The molecule has 0 spiro atoms. The van der Waals surface area contributed by atoms with Gasteiger partial charge in [-0.3, -0.25) is 0 Å². The summed E-state index contributed by atoms with van der Waals surface area (Å²) in [4.78, 5) is 0. The van der Waals surface area contributed by atoms with E-state index in [1.807, 2.05) is 13.8 Å². The highest BCUT2D eigenvalue weighted by atomic mass is 16.2. The molecule has 0 aromatic rings. The van der Waals surface area contributed by atoms with Gasteiger partial charge in [-0.15, -0.1) is 0 Å². The molecule has 0 amide bonds. The van der Waals surface area contributed by atoms with Crippen molar-refractivity contribution in [1.29, 1.82) is 5.26 Å². The van der Waals surface area contributed by atoms with E-state index in [0.717, 1.165) is 45.2 Å². The monoisotopic (exact) mass is 212 g/mol. The minimum Gasteiger partial charge on any atom is -0.396 e. The van der Waals surface area contributed by atoms with Crippen LogP contribution in [0.25, 0.3) is 0 Å². The third-order valence-corrected chi connectivity index (χ3v) is 2.47. The summed E-state index contributed by atoms with van der Waals surface area (Å²) < 4.78 is 0. The fourth-order valence-corrected chi connectivity index (χ4v) is 1.37. The molecule has 0 aromatic carbocycles. The molecule has 3 heteroatoms. The van der Waals surface area contributed by atoms with E-state index >= 15 is 0 Å². The highest BCUT2D eigenvalue weighted by Gasteiger charge is 2.14. The summed E-state index contributed by atoms with van der Waals surface area (Å²) in [5, 5.41) is 20.7. The average molecular weight is 212 g/mol. The molecule has 0 atom stereocenters. The Balaban J connectivity index is 3.16. The van der Waals surface area contributed by atoms with E-state index in [2.05, 4.69) is 11.4 Å². The molecule has 0 aromatic heterocycles. The molecule has 0 aliphatic rings. The van der Waals surface area contributed by atoms with E-state index in [1.165, 1.54) is 0 Å². The third-order valence-electron chi connectivity index (χ3n) is 2.47. The first kappa shape index (κ1) is 14.4. The van der Waals surface area contributed by atoms with Gasteiger partial charge >= 0.3 is 0 Å². The zero-order valence-corrected chi connectivity index (χ0v) is 10.1. The number of hydrogen-bond donors (Lipinski definition) is 2. The van der Waals surface area contributed by atoms with Crippen LogP contribution < -0.4 is 5.32 Å². The molecular formula is C12H24N2O. The summed E-state index contributed by atoms with van der Waals surface area (Å²) in [7, 11) is 0. The maximum Gasteiger partial charge on any atom is 0.0683 e. The van der Waals surface area contributed by atoms with E-state index in [9.17, 15) is 0 Å². The Bertz CT molecular complexity index is 185. The number of aliphatic hydroxyl groups is 1. The van der Waals surface area contributed by atoms with Crippen molar-refractivity contribution in [2.75, 3.05) is 19.7 Å². The molecule has 0 aliphatic heterocycles. The first-order chi connectivity index (χ1) is 7.12. The molecule has 88 valence electrons. The van der Waals surface area contributed by atoms with Crippen LogP contribution in [0.1, 0.15) is 46.0 Å². The highest BCUT2D eigenvalue weighted by molar-refractivity contribution is 4.91. The second-order valence-corrected chi connectivity index (χ2v) is 4.63. The Labute approximate surface area is 93.5 Å². The molecule has 0 fully saturated rings. The summed E-state index contributed by atoms with van der Waals surface area (Å²) in [6.45, 7) is 6.27. The summed E-state index contributed by atoms with van der Waals surface area (Å²) in [6, 6.07) is 2.30. The van der Waals surface area contributed by atoms with Gasteiger partial charge in [-0.2, -0.15) is 5.26 Å². The number of hydrogen-bond acceptors (Lipinski definition) is 3. The third kappa shape index (κ3) is 9.71. The van der Waals surface area contributed by atoms with Crippen LogP contribution in [0.15, 0.2) is 0 Å². The molecule has 0 heterocycles. The van der Waals surface area contributed by atoms with Crippen molar-refractivity contribution in [2.45, 2.75) is 46.0 Å². The Morgan fingerprint density at radius 2 is 1.80 bits per heavy atom. The largest absolute Gasteiger partial charge is 0.396 e. The van der Waals surface area contributed by atoms with Gasteiger partial charge in [-0.1, -0.05) is 0 Å². The lowest BCUT2D eigenvalue weighted by Gasteiger charge is -2.14. The van der Waals surface area contributed by atoms with Crippen molar-refractivity contribution in [2.24, 2.45) is 5.41 Å². The summed E-state index contributed by atoms with van der Waals surface area (Å²) in [6.07, 6.45) is 5.13. The van der Waals surface area contributed by atoms with E-state index < -0.39 is 0 Å². The van der Waals surface area contributed by atoms with Crippen molar-refractivity contribution in [1.82, 2.24) is 5.32 Å². The van der Waals surface area contributed by atoms with E-state index in [1.54, 1.807) is 0 Å². The van der Waals surface area contributed by atoms with E-state index in [-0.39, 0.29) is 5.41 Å². The van der Waals surface area contributed by atoms with Crippen LogP contribution in [-0.2, 0) is 0 Å². The zero-order chi connectivity index (χ0) is 11.6. The molecule has 0 aliphatic carbocycles. The number of nitriles is 1. The second kappa shape index (κ2) is 8.70. The Kier molecular flexibility index (Phi) is 8.35. The number of rotatable bonds is 9. The predicted octanol–water partition coefficient (Wildman–Crippen LogP) is 2.07. The smallest absolute Gasteiger partial charge is 0.0683 e. The predicted molar refractivity (Wildman–Crippen MR) is 62.4 cm³/mol. The SMILES string of the molecule is CC(C)(C#N)CCCNCCCCCO. The average Bonchev–Trinajstić information content (AvgIpc) is 2.22. The van der Waals surface area contributed by atoms with Gasteiger partial charge < -0.3 is 10.4 Å². The molecule has 0 bridgehead atoms. The molecule has 0 radical (unpaired) electrons. The fraction of sp³-hybridized carbons (Fsp3) is 0.917. The van der Waals surface area contributed by atoms with Crippen LogP contribution in [0.5, 0.6) is 0 Å². The van der Waals surface area contributed by atoms with E-state index in [4.69, 9.17) is 10.4 Å². The van der Waals surface area contributed by atoms with Crippen molar-refractivity contribution in [3.05, 3.63) is 0 Å². The minimum absolute atomic E-state index is 0.182. The van der Waals surface area contributed by atoms with Gasteiger partial charge in [0.05, 0.1) is 11.5 Å². The van der Waals surface area contributed by atoms with Gasteiger partial charge in [0.15, 0.2) is 0 Å². The first-order valence-electron chi connectivity index (χ1n) is 5.85. The first-order valence-corrected chi connectivity index (χ1v) is 5.85. The van der Waals surface area contributed by atoms with Crippen molar-refractivity contribution >= 4 is 0 Å². The fourth-order valence-electron chi connectivity index (χ4n) is 1.37. The van der Waals surface area contributed by atoms with Crippen molar-refractivity contribution in [3.63, 3.8) is 0 Å². The highest BCUT2D eigenvalue weighted by Crippen LogP contribution is 2.19.